The number of pyridine rings is 1. The predicted molar refractivity (Wildman–Crippen MR) is 94.0 cm³/mol. The highest BCUT2D eigenvalue weighted by molar-refractivity contribution is 5.99. The Bertz CT molecular complexity index is 901. The fourth-order valence-corrected chi connectivity index (χ4v) is 2.17. The van der Waals surface area contributed by atoms with Crippen LogP contribution in [-0.4, -0.2) is 11.0 Å². The number of amides is 2. The number of hydrogen-bond donors (Lipinski definition) is 2. The van der Waals surface area contributed by atoms with Crippen molar-refractivity contribution in [3.63, 3.8) is 0 Å². The van der Waals surface area contributed by atoms with E-state index >= 15 is 0 Å². The Kier molecular flexibility index (Phi) is 5.38. The highest BCUT2D eigenvalue weighted by Crippen LogP contribution is 2.22. The maximum Gasteiger partial charge on any atom is 0.325 e. The van der Waals surface area contributed by atoms with Gasteiger partial charge in [-0.2, -0.15) is 0 Å². The number of halogens is 2. The Labute approximate surface area is 148 Å². The maximum atomic E-state index is 13.6. The van der Waals surface area contributed by atoms with Crippen LogP contribution in [-0.2, 0) is 6.61 Å². The third-order valence-electron chi connectivity index (χ3n) is 3.43. The van der Waals surface area contributed by atoms with Crippen LogP contribution >= 0.6 is 0 Å². The number of carbonyl (C=O) groups excluding carboxylic acids is 1. The molecule has 0 unspecified atom stereocenters. The molecule has 7 heteroatoms. The Morgan fingerprint density at radius 2 is 1.73 bits per heavy atom. The van der Waals surface area contributed by atoms with E-state index in [-0.39, 0.29) is 23.9 Å². The first-order valence-corrected chi connectivity index (χ1v) is 7.76. The normalized spacial score (nSPS) is 10.2. The molecule has 1 aromatic heterocycles. The number of hydrogen-bond acceptors (Lipinski definition) is 3. The van der Waals surface area contributed by atoms with Crippen molar-refractivity contribution in [3.05, 3.63) is 84.1 Å². The number of aromatic nitrogens is 1. The third kappa shape index (κ3) is 4.54. The van der Waals surface area contributed by atoms with E-state index in [0.29, 0.717) is 5.75 Å². The average Bonchev–Trinajstić information content (AvgIpc) is 2.64. The molecule has 1 heterocycles. The number of anilines is 2. The van der Waals surface area contributed by atoms with Crippen molar-refractivity contribution in [1.29, 1.82) is 0 Å². The summed E-state index contributed by atoms with van der Waals surface area (Å²) in [6.45, 7) is 0.176. The van der Waals surface area contributed by atoms with E-state index in [0.717, 1.165) is 5.56 Å². The number of para-hydroxylation sites is 1. The smallest absolute Gasteiger partial charge is 0.325 e. The molecule has 2 amide bonds. The fraction of sp³-hybridized carbons (Fsp3) is 0.0526. The van der Waals surface area contributed by atoms with Crippen molar-refractivity contribution in [2.45, 2.75) is 6.61 Å². The molecule has 0 atom stereocenters. The molecule has 0 fully saturated rings. The van der Waals surface area contributed by atoms with Crippen molar-refractivity contribution in [2.24, 2.45) is 0 Å². The van der Waals surface area contributed by atoms with Crippen molar-refractivity contribution in [3.8, 4) is 5.75 Å². The highest BCUT2D eigenvalue weighted by Gasteiger charge is 2.11. The van der Waals surface area contributed by atoms with Crippen LogP contribution in [0.15, 0.2) is 66.9 Å². The number of carbonyl (C=O) groups is 1. The monoisotopic (exact) mass is 355 g/mol. The Morgan fingerprint density at radius 1 is 0.962 bits per heavy atom. The molecule has 132 valence electrons. The van der Waals surface area contributed by atoms with Gasteiger partial charge in [-0.05, 0) is 42.0 Å². The van der Waals surface area contributed by atoms with Crippen LogP contribution in [0.5, 0.6) is 5.75 Å². The lowest BCUT2D eigenvalue weighted by molar-refractivity contribution is 0.261. The number of ether oxygens (including phenoxy) is 1. The van der Waals surface area contributed by atoms with Crippen molar-refractivity contribution in [1.82, 2.24) is 4.98 Å². The Hall–Kier alpha value is -3.48. The van der Waals surface area contributed by atoms with Crippen LogP contribution < -0.4 is 15.4 Å². The van der Waals surface area contributed by atoms with Gasteiger partial charge in [0.2, 0.25) is 0 Å². The second kappa shape index (κ2) is 8.06. The van der Waals surface area contributed by atoms with Gasteiger partial charge in [0.25, 0.3) is 0 Å². The minimum atomic E-state index is -0.652. The van der Waals surface area contributed by atoms with E-state index in [1.165, 1.54) is 36.5 Å². The standard InChI is InChI=1S/C19H15F2N3O2/c20-14-9-7-13(8-10-14)12-26-17-6-3-11-22-18(17)24-19(25)23-16-5-2-1-4-15(16)21/h1-11H,12H2,(H2,22,23,24,25). The summed E-state index contributed by atoms with van der Waals surface area (Å²) in [6, 6.07) is 14.3. The molecule has 0 spiro atoms. The minimum Gasteiger partial charge on any atom is -0.485 e. The zero-order valence-corrected chi connectivity index (χ0v) is 13.6. The lowest BCUT2D eigenvalue weighted by Gasteiger charge is -2.12. The second-order valence-electron chi connectivity index (χ2n) is 5.32. The largest absolute Gasteiger partial charge is 0.485 e. The van der Waals surface area contributed by atoms with Gasteiger partial charge in [0, 0.05) is 6.20 Å². The van der Waals surface area contributed by atoms with Crippen molar-refractivity contribution in [2.75, 3.05) is 10.6 Å². The van der Waals surface area contributed by atoms with Crippen LogP contribution in [0.1, 0.15) is 5.56 Å². The van der Waals surface area contributed by atoms with E-state index in [1.54, 1.807) is 30.3 Å². The number of rotatable bonds is 5. The number of benzene rings is 2. The first-order valence-electron chi connectivity index (χ1n) is 7.76. The molecule has 0 saturated heterocycles. The fourth-order valence-electron chi connectivity index (χ4n) is 2.17. The maximum absolute atomic E-state index is 13.6. The highest BCUT2D eigenvalue weighted by atomic mass is 19.1. The lowest BCUT2D eigenvalue weighted by atomic mass is 10.2. The zero-order chi connectivity index (χ0) is 18.4. The first-order chi connectivity index (χ1) is 12.6. The summed E-state index contributed by atoms with van der Waals surface area (Å²) in [6.07, 6.45) is 1.49. The van der Waals surface area contributed by atoms with E-state index < -0.39 is 11.8 Å². The molecule has 3 rings (SSSR count). The summed E-state index contributed by atoms with van der Waals surface area (Å²) in [5.74, 6) is -0.359. The topological polar surface area (TPSA) is 63.2 Å². The molecule has 0 saturated carbocycles. The molecule has 2 aromatic carbocycles. The van der Waals surface area contributed by atoms with Gasteiger partial charge in [-0.25, -0.2) is 18.6 Å². The molecule has 3 aromatic rings. The lowest BCUT2D eigenvalue weighted by Crippen LogP contribution is -2.21. The second-order valence-corrected chi connectivity index (χ2v) is 5.32. The summed E-state index contributed by atoms with van der Waals surface area (Å²) in [5, 5.41) is 4.92. The van der Waals surface area contributed by atoms with Crippen molar-refractivity contribution < 1.29 is 18.3 Å². The van der Waals surface area contributed by atoms with Gasteiger partial charge < -0.3 is 10.1 Å². The number of nitrogens with zero attached hydrogens (tertiary/aromatic N) is 1. The van der Waals surface area contributed by atoms with Gasteiger partial charge in [0.05, 0.1) is 5.69 Å². The van der Waals surface area contributed by atoms with Crippen LogP contribution in [0.2, 0.25) is 0 Å². The SMILES string of the molecule is O=C(Nc1ccccc1F)Nc1ncccc1OCc1ccc(F)cc1. The molecule has 26 heavy (non-hydrogen) atoms. The number of urea groups is 1. The third-order valence-corrected chi connectivity index (χ3v) is 3.43. The van der Waals surface area contributed by atoms with E-state index in [9.17, 15) is 13.6 Å². The summed E-state index contributed by atoms with van der Waals surface area (Å²) >= 11 is 0. The van der Waals surface area contributed by atoms with Crippen LogP contribution in [0.4, 0.5) is 25.1 Å². The zero-order valence-electron chi connectivity index (χ0n) is 13.6. The Balaban J connectivity index is 1.65. The predicted octanol–water partition coefficient (Wildman–Crippen LogP) is 4.58. The summed E-state index contributed by atoms with van der Waals surface area (Å²) in [7, 11) is 0. The van der Waals surface area contributed by atoms with E-state index in [1.807, 2.05) is 0 Å². The molecular formula is C19H15F2N3O2. The minimum absolute atomic E-state index is 0.0507. The quantitative estimate of drug-likeness (QED) is 0.704. The average molecular weight is 355 g/mol. The molecule has 0 radical (unpaired) electrons. The number of nitrogens with one attached hydrogen (secondary N) is 2. The van der Waals surface area contributed by atoms with Gasteiger partial charge >= 0.3 is 6.03 Å². The summed E-state index contributed by atoms with van der Waals surface area (Å²) in [4.78, 5) is 16.1. The van der Waals surface area contributed by atoms with E-state index in [2.05, 4.69) is 15.6 Å². The Morgan fingerprint density at radius 3 is 2.50 bits per heavy atom. The molecular weight excluding hydrogens is 340 g/mol. The van der Waals surface area contributed by atoms with Gasteiger partial charge in [0.15, 0.2) is 11.6 Å². The van der Waals surface area contributed by atoms with Crippen molar-refractivity contribution >= 4 is 17.5 Å². The van der Waals surface area contributed by atoms with Gasteiger partial charge in [-0.3, -0.25) is 5.32 Å². The first kappa shape index (κ1) is 17.3. The molecule has 0 aliphatic heterocycles. The van der Waals surface area contributed by atoms with Gasteiger partial charge in [0.1, 0.15) is 18.2 Å². The molecule has 0 aliphatic rings. The van der Waals surface area contributed by atoms with E-state index in [4.69, 9.17) is 4.74 Å². The van der Waals surface area contributed by atoms with Crippen LogP contribution in [0.25, 0.3) is 0 Å². The molecule has 2 N–H and O–H groups in total. The molecule has 5 nitrogen and oxygen atoms in total. The van der Waals surface area contributed by atoms with Gasteiger partial charge in [-0.1, -0.05) is 24.3 Å². The molecule has 0 bridgehead atoms. The van der Waals surface area contributed by atoms with Crippen LogP contribution in [0, 0.1) is 11.6 Å². The van der Waals surface area contributed by atoms with Gasteiger partial charge in [-0.15, -0.1) is 0 Å². The van der Waals surface area contributed by atoms with Crippen LogP contribution in [0.3, 0.4) is 0 Å². The summed E-state index contributed by atoms with van der Waals surface area (Å²) < 4.78 is 32.2. The molecule has 0 aliphatic carbocycles. The summed E-state index contributed by atoms with van der Waals surface area (Å²) in [5.41, 5.74) is 0.812.